The molecule has 0 aromatic heterocycles. The third kappa shape index (κ3) is 4.51. The van der Waals surface area contributed by atoms with Crippen molar-refractivity contribution < 1.29 is 8.42 Å². The Labute approximate surface area is 156 Å². The van der Waals surface area contributed by atoms with E-state index >= 15 is 0 Å². The molecule has 0 bridgehead atoms. The zero-order valence-corrected chi connectivity index (χ0v) is 16.4. The molecule has 0 spiro atoms. The number of nitrogens with zero attached hydrogens (tertiary/aromatic N) is 2. The molecule has 3 rings (SSSR count). The Balaban J connectivity index is 1.64. The first kappa shape index (κ1) is 18.6. The zero-order valence-electron chi connectivity index (χ0n) is 14.8. The zero-order chi connectivity index (χ0) is 17.9. The molecule has 25 heavy (non-hydrogen) atoms. The summed E-state index contributed by atoms with van der Waals surface area (Å²) in [6.45, 7) is 5.46. The molecule has 7 heteroatoms. The summed E-state index contributed by atoms with van der Waals surface area (Å²) in [4.78, 5) is 2.56. The highest BCUT2D eigenvalue weighted by Gasteiger charge is 2.25. The number of thiocarbonyl (C=S) groups is 1. The van der Waals surface area contributed by atoms with Gasteiger partial charge in [-0.15, -0.1) is 0 Å². The number of anilines is 1. The number of nitrogens with one attached hydrogen (secondary N) is 1. The minimum Gasteiger partial charge on any atom is -0.349 e. The summed E-state index contributed by atoms with van der Waals surface area (Å²) in [5.41, 5.74) is 0.834. The van der Waals surface area contributed by atoms with Crippen LogP contribution in [0.3, 0.4) is 0 Å². The fraction of sp³-hybridized carbons (Fsp3) is 0.611. The Bertz CT molecular complexity index is 698. The van der Waals surface area contributed by atoms with Crippen molar-refractivity contribution in [3.05, 3.63) is 24.3 Å². The molecule has 1 N–H and O–H groups in total. The Kier molecular flexibility index (Phi) is 5.96. The molecule has 2 fully saturated rings. The fourth-order valence-corrected chi connectivity index (χ4v) is 5.34. The van der Waals surface area contributed by atoms with E-state index in [2.05, 4.69) is 17.1 Å². The molecule has 1 atom stereocenters. The summed E-state index contributed by atoms with van der Waals surface area (Å²) in [5.74, 6) is 0.658. The monoisotopic (exact) mass is 381 g/mol. The standard InChI is InChI=1S/C18H27N3O2S2/c1-15-6-5-11-20(14-15)18(24)19-16-7-9-17(10-8-16)25(22,23)21-12-3-2-4-13-21/h7-10,15H,2-6,11-14H2,1H3,(H,19,24)/t15-/m0/s1. The Morgan fingerprint density at radius 1 is 1.08 bits per heavy atom. The largest absolute Gasteiger partial charge is 0.349 e. The molecule has 1 aromatic rings. The number of hydrogen-bond acceptors (Lipinski definition) is 3. The summed E-state index contributed by atoms with van der Waals surface area (Å²) >= 11 is 5.51. The van der Waals surface area contributed by atoms with Gasteiger partial charge in [-0.3, -0.25) is 0 Å². The summed E-state index contributed by atoms with van der Waals surface area (Å²) in [7, 11) is -3.37. The van der Waals surface area contributed by atoms with E-state index in [-0.39, 0.29) is 0 Å². The second kappa shape index (κ2) is 8.01. The molecule has 0 saturated carbocycles. The van der Waals surface area contributed by atoms with E-state index in [4.69, 9.17) is 12.2 Å². The third-order valence-corrected chi connectivity index (χ3v) is 7.28. The van der Waals surface area contributed by atoms with Crippen LogP contribution >= 0.6 is 12.2 Å². The average Bonchev–Trinajstić information content (AvgIpc) is 2.63. The third-order valence-electron chi connectivity index (χ3n) is 5.00. The topological polar surface area (TPSA) is 52.7 Å². The molecule has 0 unspecified atom stereocenters. The SMILES string of the molecule is C[C@H]1CCCN(C(=S)Nc2ccc(S(=O)(=O)N3CCCCC3)cc2)C1. The van der Waals surface area contributed by atoms with Gasteiger partial charge in [0, 0.05) is 31.9 Å². The van der Waals surface area contributed by atoms with Gasteiger partial charge in [-0.05, 0) is 68.1 Å². The first-order chi connectivity index (χ1) is 12.0. The molecule has 2 aliphatic rings. The highest BCUT2D eigenvalue weighted by molar-refractivity contribution is 7.89. The van der Waals surface area contributed by atoms with Crippen LogP contribution in [0, 0.1) is 5.92 Å². The summed E-state index contributed by atoms with van der Waals surface area (Å²) < 4.78 is 26.9. The Morgan fingerprint density at radius 3 is 2.40 bits per heavy atom. The van der Waals surface area contributed by atoms with Gasteiger partial charge in [0.05, 0.1) is 4.90 Å². The minimum atomic E-state index is -3.37. The number of likely N-dealkylation sites (tertiary alicyclic amines) is 1. The highest BCUT2D eigenvalue weighted by Crippen LogP contribution is 2.22. The van der Waals surface area contributed by atoms with Crippen LogP contribution in [0.4, 0.5) is 5.69 Å². The summed E-state index contributed by atoms with van der Waals surface area (Å²) in [6, 6.07) is 6.95. The molecule has 0 amide bonds. The minimum absolute atomic E-state index is 0.359. The molecule has 2 saturated heterocycles. The maximum atomic E-state index is 12.7. The number of rotatable bonds is 3. The van der Waals surface area contributed by atoms with Crippen LogP contribution < -0.4 is 5.32 Å². The van der Waals surface area contributed by atoms with Crippen molar-refractivity contribution in [3.8, 4) is 0 Å². The van der Waals surface area contributed by atoms with E-state index in [0.717, 1.165) is 49.6 Å². The van der Waals surface area contributed by atoms with Gasteiger partial charge in [0.15, 0.2) is 5.11 Å². The van der Waals surface area contributed by atoms with Crippen LogP contribution in [0.2, 0.25) is 0 Å². The summed E-state index contributed by atoms with van der Waals surface area (Å²) in [5, 5.41) is 3.96. The van der Waals surface area contributed by atoms with Gasteiger partial charge in [0.2, 0.25) is 10.0 Å². The van der Waals surface area contributed by atoms with E-state index < -0.39 is 10.0 Å². The van der Waals surface area contributed by atoms with Gasteiger partial charge < -0.3 is 10.2 Å². The number of sulfonamides is 1. The number of benzene rings is 1. The van der Waals surface area contributed by atoms with Gasteiger partial charge in [-0.2, -0.15) is 4.31 Å². The van der Waals surface area contributed by atoms with Crippen molar-refractivity contribution in [1.82, 2.24) is 9.21 Å². The van der Waals surface area contributed by atoms with Gasteiger partial charge >= 0.3 is 0 Å². The molecule has 5 nitrogen and oxygen atoms in total. The Hall–Kier alpha value is -1.18. The second-order valence-corrected chi connectivity index (χ2v) is 9.44. The number of piperidine rings is 2. The lowest BCUT2D eigenvalue weighted by Gasteiger charge is -2.33. The fourth-order valence-electron chi connectivity index (χ4n) is 3.54. The number of hydrogen-bond donors (Lipinski definition) is 1. The van der Waals surface area contributed by atoms with Crippen molar-refractivity contribution in [3.63, 3.8) is 0 Å². The maximum absolute atomic E-state index is 12.7. The smallest absolute Gasteiger partial charge is 0.243 e. The molecule has 138 valence electrons. The van der Waals surface area contributed by atoms with Crippen LogP contribution in [-0.2, 0) is 10.0 Å². The van der Waals surface area contributed by atoms with Gasteiger partial charge in [-0.1, -0.05) is 13.3 Å². The van der Waals surface area contributed by atoms with Gasteiger partial charge in [0.25, 0.3) is 0 Å². The second-order valence-electron chi connectivity index (χ2n) is 7.11. The molecule has 0 radical (unpaired) electrons. The predicted molar refractivity (Wildman–Crippen MR) is 105 cm³/mol. The van der Waals surface area contributed by atoms with E-state index in [1.54, 1.807) is 28.6 Å². The maximum Gasteiger partial charge on any atom is 0.243 e. The molecule has 0 aliphatic carbocycles. The van der Waals surface area contributed by atoms with Gasteiger partial charge in [0.1, 0.15) is 0 Å². The van der Waals surface area contributed by atoms with Crippen molar-refractivity contribution in [2.75, 3.05) is 31.5 Å². The Morgan fingerprint density at radius 2 is 1.76 bits per heavy atom. The lowest BCUT2D eigenvalue weighted by Crippen LogP contribution is -2.41. The van der Waals surface area contributed by atoms with Crippen molar-refractivity contribution in [1.29, 1.82) is 0 Å². The van der Waals surface area contributed by atoms with Crippen LogP contribution in [-0.4, -0.2) is 48.9 Å². The molecule has 2 aliphatic heterocycles. The summed E-state index contributed by atoms with van der Waals surface area (Å²) in [6.07, 6.45) is 5.42. The molecule has 1 aromatic carbocycles. The van der Waals surface area contributed by atoms with E-state index in [0.29, 0.717) is 23.9 Å². The first-order valence-electron chi connectivity index (χ1n) is 9.13. The quantitative estimate of drug-likeness (QED) is 0.814. The lowest BCUT2D eigenvalue weighted by molar-refractivity contribution is 0.276. The first-order valence-corrected chi connectivity index (χ1v) is 11.0. The van der Waals surface area contributed by atoms with Crippen LogP contribution in [0.15, 0.2) is 29.2 Å². The van der Waals surface area contributed by atoms with Crippen LogP contribution in [0.25, 0.3) is 0 Å². The van der Waals surface area contributed by atoms with Crippen molar-refractivity contribution in [2.24, 2.45) is 5.92 Å². The van der Waals surface area contributed by atoms with Crippen molar-refractivity contribution in [2.45, 2.75) is 43.9 Å². The van der Waals surface area contributed by atoms with E-state index in [1.807, 2.05) is 0 Å². The van der Waals surface area contributed by atoms with Crippen molar-refractivity contribution >= 4 is 33.0 Å². The normalized spacial score (nSPS) is 22.6. The van der Waals surface area contributed by atoms with Gasteiger partial charge in [-0.25, -0.2) is 8.42 Å². The lowest BCUT2D eigenvalue weighted by atomic mass is 10.0. The highest BCUT2D eigenvalue weighted by atomic mass is 32.2. The predicted octanol–water partition coefficient (Wildman–Crippen LogP) is 3.29. The van der Waals surface area contributed by atoms with E-state index in [9.17, 15) is 8.42 Å². The molecule has 2 heterocycles. The van der Waals surface area contributed by atoms with E-state index in [1.165, 1.54) is 6.42 Å². The molecular formula is C18H27N3O2S2. The molecular weight excluding hydrogens is 354 g/mol. The average molecular weight is 382 g/mol. The van der Waals surface area contributed by atoms with Crippen LogP contribution in [0.1, 0.15) is 39.0 Å². The van der Waals surface area contributed by atoms with Crippen LogP contribution in [0.5, 0.6) is 0 Å².